The van der Waals surface area contributed by atoms with Crippen molar-refractivity contribution in [3.63, 3.8) is 0 Å². The number of urea groups is 1. The molecular formula is C19H17IN2O6. The molecule has 0 spiro atoms. The number of hydrogen-bond donors (Lipinski definition) is 1. The third-order valence-electron chi connectivity index (χ3n) is 3.89. The Morgan fingerprint density at radius 1 is 1.29 bits per heavy atom. The van der Waals surface area contributed by atoms with Crippen molar-refractivity contribution in [2.24, 2.45) is 0 Å². The standard InChI is InChI=1S/C19H17IN2O6/c1-3-27-15-6-4-11(8-13(15)20)9-14-17(23)22(19(25)21-14)10-12-5-7-16(28-12)18(24)26-2/h4-9H,3,10H2,1-2H3,(H,21,25)/b14-9-. The van der Waals surface area contributed by atoms with E-state index in [0.717, 1.165) is 19.8 Å². The quantitative estimate of drug-likeness (QED) is 0.286. The number of benzene rings is 1. The van der Waals surface area contributed by atoms with E-state index in [-0.39, 0.29) is 18.0 Å². The largest absolute Gasteiger partial charge is 0.493 e. The normalized spacial score (nSPS) is 15.1. The van der Waals surface area contributed by atoms with Gasteiger partial charge in [0.2, 0.25) is 5.76 Å². The van der Waals surface area contributed by atoms with Gasteiger partial charge in [0.15, 0.2) is 0 Å². The van der Waals surface area contributed by atoms with E-state index in [4.69, 9.17) is 9.15 Å². The van der Waals surface area contributed by atoms with Crippen LogP contribution in [0, 0.1) is 3.57 Å². The van der Waals surface area contributed by atoms with E-state index in [1.165, 1.54) is 19.2 Å². The predicted molar refractivity (Wildman–Crippen MR) is 107 cm³/mol. The first-order valence-corrected chi connectivity index (χ1v) is 9.44. The molecule has 1 saturated heterocycles. The molecule has 2 aromatic rings. The van der Waals surface area contributed by atoms with Crippen LogP contribution in [-0.4, -0.2) is 36.5 Å². The topological polar surface area (TPSA) is 98.1 Å². The lowest BCUT2D eigenvalue weighted by Gasteiger charge is -2.09. The monoisotopic (exact) mass is 496 g/mol. The Hall–Kier alpha value is -2.82. The summed E-state index contributed by atoms with van der Waals surface area (Å²) in [7, 11) is 1.24. The van der Waals surface area contributed by atoms with Gasteiger partial charge in [0.25, 0.3) is 5.91 Å². The van der Waals surface area contributed by atoms with Crippen molar-refractivity contribution in [2.75, 3.05) is 13.7 Å². The van der Waals surface area contributed by atoms with Crippen LogP contribution in [-0.2, 0) is 16.1 Å². The molecular weight excluding hydrogens is 479 g/mol. The molecule has 0 aliphatic carbocycles. The molecule has 1 aromatic heterocycles. The van der Waals surface area contributed by atoms with E-state index >= 15 is 0 Å². The van der Waals surface area contributed by atoms with Gasteiger partial charge in [-0.05, 0) is 65.4 Å². The van der Waals surface area contributed by atoms with Gasteiger partial charge in [-0.1, -0.05) is 6.07 Å². The van der Waals surface area contributed by atoms with Crippen LogP contribution in [0.1, 0.15) is 28.8 Å². The first kappa shape index (κ1) is 19.9. The average molecular weight is 496 g/mol. The van der Waals surface area contributed by atoms with Crippen molar-refractivity contribution in [2.45, 2.75) is 13.5 Å². The van der Waals surface area contributed by atoms with Gasteiger partial charge >= 0.3 is 12.0 Å². The number of nitrogens with zero attached hydrogens (tertiary/aromatic N) is 1. The summed E-state index contributed by atoms with van der Waals surface area (Å²) in [5.74, 6) is -0.0583. The Morgan fingerprint density at radius 3 is 2.75 bits per heavy atom. The highest BCUT2D eigenvalue weighted by Crippen LogP contribution is 2.24. The number of carbonyl (C=O) groups is 3. The van der Waals surface area contributed by atoms with Gasteiger partial charge in [-0.3, -0.25) is 9.69 Å². The van der Waals surface area contributed by atoms with Crippen LogP contribution in [0.4, 0.5) is 4.79 Å². The van der Waals surface area contributed by atoms with Crippen molar-refractivity contribution in [3.8, 4) is 5.75 Å². The smallest absolute Gasteiger partial charge is 0.373 e. The number of methoxy groups -OCH3 is 1. The number of halogens is 1. The molecule has 0 bridgehead atoms. The average Bonchev–Trinajstić information content (AvgIpc) is 3.24. The minimum atomic E-state index is -0.630. The second kappa shape index (κ2) is 8.46. The summed E-state index contributed by atoms with van der Waals surface area (Å²) in [4.78, 5) is 37.2. The summed E-state index contributed by atoms with van der Waals surface area (Å²) in [6.45, 7) is 2.37. The van der Waals surface area contributed by atoms with Crippen LogP contribution in [0.15, 0.2) is 40.4 Å². The Balaban J connectivity index is 1.76. The number of esters is 1. The zero-order valence-electron chi connectivity index (χ0n) is 15.2. The summed E-state index contributed by atoms with van der Waals surface area (Å²) >= 11 is 2.15. The fourth-order valence-electron chi connectivity index (χ4n) is 2.59. The van der Waals surface area contributed by atoms with Crippen molar-refractivity contribution in [1.29, 1.82) is 0 Å². The second-order valence-corrected chi connectivity index (χ2v) is 6.92. The van der Waals surface area contributed by atoms with Crippen molar-refractivity contribution in [3.05, 3.63) is 56.7 Å². The molecule has 2 heterocycles. The number of nitrogens with one attached hydrogen (secondary N) is 1. The lowest BCUT2D eigenvalue weighted by Crippen LogP contribution is -2.30. The van der Waals surface area contributed by atoms with Crippen LogP contribution < -0.4 is 10.1 Å². The number of amides is 3. The number of rotatable bonds is 6. The predicted octanol–water partition coefficient (Wildman–Crippen LogP) is 3.16. The summed E-state index contributed by atoms with van der Waals surface area (Å²) in [5, 5.41) is 2.55. The van der Waals surface area contributed by atoms with Gasteiger partial charge in [-0.2, -0.15) is 0 Å². The van der Waals surface area contributed by atoms with Crippen LogP contribution >= 0.6 is 22.6 Å². The highest BCUT2D eigenvalue weighted by Gasteiger charge is 2.34. The minimum Gasteiger partial charge on any atom is -0.493 e. The van der Waals surface area contributed by atoms with E-state index in [1.807, 2.05) is 19.1 Å². The van der Waals surface area contributed by atoms with E-state index in [9.17, 15) is 14.4 Å². The van der Waals surface area contributed by atoms with Gasteiger partial charge in [-0.25, -0.2) is 9.59 Å². The Labute approximate surface area is 174 Å². The zero-order valence-corrected chi connectivity index (χ0v) is 17.3. The van der Waals surface area contributed by atoms with Crippen LogP contribution in [0.25, 0.3) is 6.08 Å². The molecule has 3 amide bonds. The molecule has 8 nitrogen and oxygen atoms in total. The lowest BCUT2D eigenvalue weighted by atomic mass is 10.2. The Kier molecular flexibility index (Phi) is 6.02. The van der Waals surface area contributed by atoms with E-state index < -0.39 is 17.9 Å². The molecule has 1 aromatic carbocycles. The second-order valence-electron chi connectivity index (χ2n) is 5.76. The van der Waals surface area contributed by atoms with E-state index in [0.29, 0.717) is 12.4 Å². The molecule has 1 aliphatic heterocycles. The highest BCUT2D eigenvalue weighted by molar-refractivity contribution is 14.1. The Morgan fingerprint density at radius 2 is 2.07 bits per heavy atom. The molecule has 0 atom stereocenters. The van der Waals surface area contributed by atoms with Crippen molar-refractivity contribution in [1.82, 2.24) is 10.2 Å². The van der Waals surface area contributed by atoms with Crippen LogP contribution in [0.2, 0.25) is 0 Å². The van der Waals surface area contributed by atoms with Gasteiger partial charge in [0.1, 0.15) is 17.2 Å². The number of furan rings is 1. The third-order valence-corrected chi connectivity index (χ3v) is 4.73. The molecule has 0 saturated carbocycles. The maximum Gasteiger partial charge on any atom is 0.373 e. The van der Waals surface area contributed by atoms with Gasteiger partial charge in [0.05, 0.1) is 23.8 Å². The molecule has 146 valence electrons. The summed E-state index contributed by atoms with van der Waals surface area (Å²) < 4.78 is 16.3. The Bertz CT molecular complexity index is 965. The van der Waals surface area contributed by atoms with Gasteiger partial charge in [-0.15, -0.1) is 0 Å². The zero-order chi connectivity index (χ0) is 20.3. The first-order chi connectivity index (χ1) is 13.4. The number of imide groups is 1. The summed E-state index contributed by atoms with van der Waals surface area (Å²) in [6.07, 6.45) is 1.60. The fraction of sp³-hybridized carbons (Fsp3) is 0.211. The van der Waals surface area contributed by atoms with Gasteiger partial charge in [0, 0.05) is 0 Å². The van der Waals surface area contributed by atoms with Crippen molar-refractivity contribution >= 4 is 46.6 Å². The lowest BCUT2D eigenvalue weighted by molar-refractivity contribution is -0.123. The van der Waals surface area contributed by atoms with E-state index in [2.05, 4.69) is 32.6 Å². The molecule has 9 heteroatoms. The van der Waals surface area contributed by atoms with Gasteiger partial charge < -0.3 is 19.2 Å². The fourth-order valence-corrected chi connectivity index (χ4v) is 3.29. The third kappa shape index (κ3) is 4.19. The van der Waals surface area contributed by atoms with E-state index in [1.54, 1.807) is 12.1 Å². The summed E-state index contributed by atoms with van der Waals surface area (Å²) in [6, 6.07) is 7.86. The minimum absolute atomic E-state index is 0.00397. The number of ether oxygens (including phenoxy) is 2. The van der Waals surface area contributed by atoms with Crippen molar-refractivity contribution < 1.29 is 28.3 Å². The molecule has 1 aliphatic rings. The van der Waals surface area contributed by atoms with Crippen LogP contribution in [0.3, 0.4) is 0 Å². The first-order valence-electron chi connectivity index (χ1n) is 8.36. The molecule has 1 N–H and O–H groups in total. The highest BCUT2D eigenvalue weighted by atomic mass is 127. The number of carbonyl (C=O) groups excluding carboxylic acids is 3. The molecule has 28 heavy (non-hydrogen) atoms. The molecule has 0 radical (unpaired) electrons. The molecule has 0 unspecified atom stereocenters. The van der Waals surface area contributed by atoms with Crippen LogP contribution in [0.5, 0.6) is 5.75 Å². The molecule has 3 rings (SSSR count). The maximum atomic E-state index is 12.6. The maximum absolute atomic E-state index is 12.6. The summed E-state index contributed by atoms with van der Waals surface area (Å²) in [5.41, 5.74) is 0.911. The SMILES string of the molecule is CCOc1ccc(/C=C2\NC(=O)N(Cc3ccc(C(=O)OC)o3)C2=O)cc1I. The number of hydrogen-bond acceptors (Lipinski definition) is 6. The molecule has 1 fully saturated rings.